The van der Waals surface area contributed by atoms with Gasteiger partial charge in [0.1, 0.15) is 11.5 Å². The predicted molar refractivity (Wildman–Crippen MR) is 120 cm³/mol. The third kappa shape index (κ3) is 2.87. The maximum atomic E-state index is 13.5. The molecule has 0 amide bonds. The predicted octanol–water partition coefficient (Wildman–Crippen LogP) is 6.10. The van der Waals surface area contributed by atoms with Gasteiger partial charge in [0.15, 0.2) is 5.78 Å². The Morgan fingerprint density at radius 2 is 1.84 bits per heavy atom. The van der Waals surface area contributed by atoms with Gasteiger partial charge in [-0.15, -0.1) is 0 Å². The molecule has 4 heteroatoms. The van der Waals surface area contributed by atoms with Gasteiger partial charge in [0.25, 0.3) is 0 Å². The molecule has 2 atom stereocenters. The van der Waals surface area contributed by atoms with Crippen molar-refractivity contribution < 1.29 is 14.3 Å². The minimum absolute atomic E-state index is 0.0283. The molecule has 4 aromatic rings. The number of phenols is 1. The number of fused-ring (bicyclic) bond motifs is 3. The quantitative estimate of drug-likeness (QED) is 0.422. The summed E-state index contributed by atoms with van der Waals surface area (Å²) in [7, 11) is 0. The summed E-state index contributed by atoms with van der Waals surface area (Å²) in [6, 6.07) is 23.6. The highest BCUT2D eigenvalue weighted by Crippen LogP contribution is 2.50. The highest BCUT2D eigenvalue weighted by Gasteiger charge is 2.39. The summed E-state index contributed by atoms with van der Waals surface area (Å²) >= 11 is 0. The van der Waals surface area contributed by atoms with Crippen molar-refractivity contribution in [3.8, 4) is 5.75 Å². The first kappa shape index (κ1) is 18.0. The molecule has 1 aliphatic heterocycles. The minimum Gasteiger partial charge on any atom is -0.508 e. The molecule has 3 aromatic carbocycles. The van der Waals surface area contributed by atoms with Crippen LogP contribution in [0.4, 0.5) is 5.69 Å². The molecule has 0 fully saturated rings. The Kier molecular flexibility index (Phi) is 4.00. The smallest absolute Gasteiger partial charge is 0.162 e. The van der Waals surface area contributed by atoms with E-state index in [1.165, 1.54) is 0 Å². The number of Topliss-reactive ketones (excluding diaryl/α,β-unsaturated/α-hetero) is 1. The highest BCUT2D eigenvalue weighted by atomic mass is 16.3. The van der Waals surface area contributed by atoms with Crippen molar-refractivity contribution in [2.75, 3.05) is 5.32 Å². The monoisotopic (exact) mass is 407 g/mol. The molecule has 1 aliphatic carbocycles. The van der Waals surface area contributed by atoms with Crippen molar-refractivity contribution in [2.45, 2.75) is 24.7 Å². The Balaban J connectivity index is 1.58. The molecule has 2 heterocycles. The molecule has 2 aliphatic rings. The van der Waals surface area contributed by atoms with E-state index in [1.807, 2.05) is 36.4 Å². The van der Waals surface area contributed by atoms with Crippen LogP contribution in [0, 0.1) is 0 Å². The number of aromatic hydroxyl groups is 1. The third-order valence-electron chi connectivity index (χ3n) is 6.49. The molecule has 0 saturated carbocycles. The molecule has 6 rings (SSSR count). The number of carbonyl (C=O) groups is 1. The van der Waals surface area contributed by atoms with E-state index in [4.69, 9.17) is 4.42 Å². The third-order valence-corrected chi connectivity index (χ3v) is 6.49. The molecule has 31 heavy (non-hydrogen) atoms. The molecule has 0 spiro atoms. The zero-order valence-corrected chi connectivity index (χ0v) is 16.8. The van der Waals surface area contributed by atoms with Gasteiger partial charge in [0, 0.05) is 35.2 Å². The van der Waals surface area contributed by atoms with Gasteiger partial charge in [-0.05, 0) is 58.7 Å². The van der Waals surface area contributed by atoms with Gasteiger partial charge < -0.3 is 14.8 Å². The zero-order valence-electron chi connectivity index (χ0n) is 16.8. The van der Waals surface area contributed by atoms with Crippen LogP contribution in [0.5, 0.6) is 5.75 Å². The maximum absolute atomic E-state index is 13.5. The lowest BCUT2D eigenvalue weighted by Gasteiger charge is -2.37. The molecular formula is C27H21NO3. The minimum atomic E-state index is -0.227. The number of hydrogen-bond acceptors (Lipinski definition) is 4. The van der Waals surface area contributed by atoms with Crippen LogP contribution in [0.25, 0.3) is 10.8 Å². The van der Waals surface area contributed by atoms with Gasteiger partial charge in [-0.2, -0.15) is 0 Å². The van der Waals surface area contributed by atoms with E-state index in [0.29, 0.717) is 6.42 Å². The molecule has 0 bridgehead atoms. The molecule has 0 saturated heterocycles. The number of phenolic OH excluding ortho intramolecular Hbond substituents is 1. The lowest BCUT2D eigenvalue weighted by molar-refractivity contribution is -0.116. The molecule has 152 valence electrons. The van der Waals surface area contributed by atoms with Crippen molar-refractivity contribution in [3.63, 3.8) is 0 Å². The van der Waals surface area contributed by atoms with E-state index < -0.39 is 0 Å². The van der Waals surface area contributed by atoms with E-state index in [2.05, 4.69) is 29.6 Å². The zero-order chi connectivity index (χ0) is 20.9. The molecule has 2 N–H and O–H groups in total. The highest BCUT2D eigenvalue weighted by molar-refractivity contribution is 6.04. The number of carbonyl (C=O) groups excluding carboxylic acids is 1. The van der Waals surface area contributed by atoms with Crippen LogP contribution in [0.15, 0.2) is 94.7 Å². The fourth-order valence-electron chi connectivity index (χ4n) is 5.17. The van der Waals surface area contributed by atoms with E-state index in [1.54, 1.807) is 18.4 Å². The van der Waals surface area contributed by atoms with Gasteiger partial charge in [-0.1, -0.05) is 42.5 Å². The Morgan fingerprint density at radius 1 is 0.935 bits per heavy atom. The van der Waals surface area contributed by atoms with Crippen molar-refractivity contribution in [2.24, 2.45) is 0 Å². The van der Waals surface area contributed by atoms with E-state index in [9.17, 15) is 9.90 Å². The second kappa shape index (κ2) is 6.88. The Labute approximate surface area is 179 Å². The van der Waals surface area contributed by atoms with Gasteiger partial charge in [-0.25, -0.2) is 0 Å². The van der Waals surface area contributed by atoms with Crippen LogP contribution < -0.4 is 5.32 Å². The summed E-state index contributed by atoms with van der Waals surface area (Å²) in [5, 5.41) is 16.0. The van der Waals surface area contributed by atoms with Crippen LogP contribution in [0.3, 0.4) is 0 Å². The average Bonchev–Trinajstić information content (AvgIpc) is 3.32. The van der Waals surface area contributed by atoms with Crippen LogP contribution in [-0.2, 0) is 4.79 Å². The summed E-state index contributed by atoms with van der Waals surface area (Å²) in [4.78, 5) is 13.5. The summed E-state index contributed by atoms with van der Waals surface area (Å²) in [5.41, 5.74) is 4.79. The number of benzene rings is 3. The number of rotatable bonds is 2. The SMILES string of the molecule is O=C1C[C@@H](c2ccco2)CC2=C1[C@H](c1cccc(O)c1)c1c(ccc3ccccc13)N2. The topological polar surface area (TPSA) is 62.5 Å². The van der Waals surface area contributed by atoms with Gasteiger partial charge in [-0.3, -0.25) is 4.79 Å². The number of allylic oxidation sites excluding steroid dienone is 2. The van der Waals surface area contributed by atoms with Crippen molar-refractivity contribution in [1.82, 2.24) is 0 Å². The normalized spacial score (nSPS) is 20.3. The fraction of sp³-hybridized carbons (Fsp3) is 0.148. The van der Waals surface area contributed by atoms with Gasteiger partial charge in [0.2, 0.25) is 0 Å². The second-order valence-corrected chi connectivity index (χ2v) is 8.34. The number of furan rings is 1. The average molecular weight is 407 g/mol. The number of hydrogen-bond donors (Lipinski definition) is 2. The molecular weight excluding hydrogens is 386 g/mol. The van der Waals surface area contributed by atoms with Crippen LogP contribution >= 0.6 is 0 Å². The Hall–Kier alpha value is -3.79. The maximum Gasteiger partial charge on any atom is 0.162 e. The summed E-state index contributed by atoms with van der Waals surface area (Å²) in [6.07, 6.45) is 2.80. The first-order valence-corrected chi connectivity index (χ1v) is 10.6. The first-order chi connectivity index (χ1) is 15.2. The molecule has 0 unspecified atom stereocenters. The van der Waals surface area contributed by atoms with E-state index in [-0.39, 0.29) is 23.4 Å². The van der Waals surface area contributed by atoms with Crippen LogP contribution in [0.2, 0.25) is 0 Å². The summed E-state index contributed by atoms with van der Waals surface area (Å²) in [6.45, 7) is 0. The van der Waals surface area contributed by atoms with Gasteiger partial charge in [0.05, 0.1) is 6.26 Å². The standard InChI is InChI=1S/C27H21NO3/c29-19-7-3-6-17(13-19)25-26-20-8-2-1-5-16(20)10-11-21(26)28-22-14-18(15-23(30)27(22)25)24-9-4-12-31-24/h1-13,18,25,28-29H,14-15H2/t18-,25+/m0/s1. The van der Waals surface area contributed by atoms with Crippen molar-refractivity contribution >= 4 is 22.2 Å². The lowest BCUT2D eigenvalue weighted by Crippen LogP contribution is -2.29. The fourth-order valence-corrected chi connectivity index (χ4v) is 5.17. The largest absolute Gasteiger partial charge is 0.508 e. The Bertz CT molecular complexity index is 1350. The summed E-state index contributed by atoms with van der Waals surface area (Å²) < 4.78 is 5.62. The van der Waals surface area contributed by atoms with Crippen LogP contribution in [0.1, 0.15) is 41.6 Å². The first-order valence-electron chi connectivity index (χ1n) is 10.6. The molecule has 0 radical (unpaired) electrons. The van der Waals surface area contributed by atoms with Gasteiger partial charge >= 0.3 is 0 Å². The van der Waals surface area contributed by atoms with Crippen molar-refractivity contribution in [3.05, 3.63) is 107 Å². The lowest BCUT2D eigenvalue weighted by atomic mass is 9.71. The molecule has 4 nitrogen and oxygen atoms in total. The van der Waals surface area contributed by atoms with Crippen molar-refractivity contribution in [1.29, 1.82) is 0 Å². The molecule has 1 aromatic heterocycles. The second-order valence-electron chi connectivity index (χ2n) is 8.34. The van der Waals surface area contributed by atoms with E-state index >= 15 is 0 Å². The van der Waals surface area contributed by atoms with E-state index in [0.717, 1.165) is 51.0 Å². The number of anilines is 1. The summed E-state index contributed by atoms with van der Waals surface area (Å²) in [5.74, 6) is 0.980. The Morgan fingerprint density at radius 3 is 2.68 bits per heavy atom. The number of ketones is 1. The number of nitrogens with one attached hydrogen (secondary N) is 1. The van der Waals surface area contributed by atoms with Crippen LogP contribution in [-0.4, -0.2) is 10.9 Å².